The van der Waals surface area contributed by atoms with Crippen molar-refractivity contribution in [3.05, 3.63) is 71.6 Å². The van der Waals surface area contributed by atoms with Crippen LogP contribution in [0.1, 0.15) is 16.8 Å². The van der Waals surface area contributed by atoms with E-state index in [1.54, 1.807) is 6.08 Å². The molecule has 26 heavy (non-hydrogen) atoms. The molecular weight excluding hydrogens is 345 g/mol. The molecular formula is C19H15F3N2O2. The number of nitrogens with one attached hydrogen (secondary N) is 1. The van der Waals surface area contributed by atoms with Crippen molar-refractivity contribution in [1.29, 1.82) is 0 Å². The van der Waals surface area contributed by atoms with Crippen molar-refractivity contribution in [1.82, 2.24) is 10.2 Å². The lowest BCUT2D eigenvalue weighted by molar-refractivity contribution is -0.141. The standard InChI is InChI=1S/C19H15F3N2O2/c20-19(21,22)18-15(12-23-24-18)10-11-26-17(25)9-8-14-6-3-5-13-4-1-2-7-16(13)14/h1-9,12H,10-11H2,(H,23,24). The van der Waals surface area contributed by atoms with Crippen molar-refractivity contribution in [3.8, 4) is 0 Å². The maximum atomic E-state index is 12.7. The van der Waals surface area contributed by atoms with Crippen LogP contribution >= 0.6 is 0 Å². The molecule has 3 rings (SSSR count). The van der Waals surface area contributed by atoms with Gasteiger partial charge in [-0.05, 0) is 22.4 Å². The Bertz CT molecular complexity index is 940. The van der Waals surface area contributed by atoms with E-state index in [2.05, 4.69) is 5.10 Å². The molecule has 3 aromatic rings. The van der Waals surface area contributed by atoms with E-state index in [-0.39, 0.29) is 18.6 Å². The van der Waals surface area contributed by atoms with Gasteiger partial charge in [0, 0.05) is 18.1 Å². The Hall–Kier alpha value is -3.09. The van der Waals surface area contributed by atoms with Crippen molar-refractivity contribution in [3.63, 3.8) is 0 Å². The molecule has 1 N–H and O–H groups in total. The zero-order chi connectivity index (χ0) is 18.6. The fourth-order valence-electron chi connectivity index (χ4n) is 2.61. The van der Waals surface area contributed by atoms with Gasteiger partial charge in [-0.1, -0.05) is 42.5 Å². The van der Waals surface area contributed by atoms with E-state index in [9.17, 15) is 18.0 Å². The number of aromatic nitrogens is 2. The van der Waals surface area contributed by atoms with Crippen LogP contribution in [0.5, 0.6) is 0 Å². The van der Waals surface area contributed by atoms with E-state index in [4.69, 9.17) is 4.74 Å². The first-order valence-corrected chi connectivity index (χ1v) is 7.87. The predicted molar refractivity (Wildman–Crippen MR) is 91.2 cm³/mol. The number of aromatic amines is 1. The van der Waals surface area contributed by atoms with Gasteiger partial charge in [-0.3, -0.25) is 5.10 Å². The second-order valence-electron chi connectivity index (χ2n) is 5.59. The molecule has 0 aliphatic rings. The van der Waals surface area contributed by atoms with Crippen molar-refractivity contribution in [2.45, 2.75) is 12.6 Å². The largest absolute Gasteiger partial charge is 0.462 e. The molecule has 0 saturated carbocycles. The highest BCUT2D eigenvalue weighted by atomic mass is 19.4. The topological polar surface area (TPSA) is 55.0 Å². The van der Waals surface area contributed by atoms with Crippen LogP contribution in [0.3, 0.4) is 0 Å². The molecule has 7 heteroatoms. The maximum Gasteiger partial charge on any atom is 0.433 e. The SMILES string of the molecule is O=C(C=Cc1cccc2ccccc12)OCCc1cn[nH]c1C(F)(F)F. The van der Waals surface area contributed by atoms with Gasteiger partial charge in [-0.2, -0.15) is 18.3 Å². The third kappa shape index (κ3) is 4.11. The van der Waals surface area contributed by atoms with E-state index < -0.39 is 17.8 Å². The first-order chi connectivity index (χ1) is 12.4. The van der Waals surface area contributed by atoms with Gasteiger partial charge in [0.1, 0.15) is 5.69 Å². The summed E-state index contributed by atoms with van der Waals surface area (Å²) < 4.78 is 43.1. The highest BCUT2D eigenvalue weighted by Gasteiger charge is 2.35. The summed E-state index contributed by atoms with van der Waals surface area (Å²) in [5.74, 6) is -0.616. The zero-order valence-corrected chi connectivity index (χ0v) is 13.6. The molecule has 1 aromatic heterocycles. The number of hydrogen-bond acceptors (Lipinski definition) is 3. The highest BCUT2D eigenvalue weighted by Crippen LogP contribution is 2.30. The van der Waals surface area contributed by atoms with Gasteiger partial charge in [0.05, 0.1) is 12.8 Å². The quantitative estimate of drug-likeness (QED) is 0.543. The van der Waals surface area contributed by atoms with Crippen molar-refractivity contribution in [2.24, 2.45) is 0 Å². The minimum Gasteiger partial charge on any atom is -0.462 e. The Balaban J connectivity index is 1.59. The van der Waals surface area contributed by atoms with Crippen LogP contribution < -0.4 is 0 Å². The first-order valence-electron chi connectivity index (χ1n) is 7.87. The number of rotatable bonds is 5. The smallest absolute Gasteiger partial charge is 0.433 e. The van der Waals surface area contributed by atoms with Crippen molar-refractivity contribution >= 4 is 22.8 Å². The molecule has 0 amide bonds. The molecule has 0 radical (unpaired) electrons. The predicted octanol–water partition coefficient (Wildman–Crippen LogP) is 4.38. The summed E-state index contributed by atoms with van der Waals surface area (Å²) in [6.45, 7) is -0.165. The normalized spacial score (nSPS) is 12.0. The van der Waals surface area contributed by atoms with Gasteiger partial charge in [0.2, 0.25) is 0 Å². The van der Waals surface area contributed by atoms with Crippen molar-refractivity contribution in [2.75, 3.05) is 6.61 Å². The highest BCUT2D eigenvalue weighted by molar-refractivity contribution is 5.94. The van der Waals surface area contributed by atoms with E-state index in [0.717, 1.165) is 22.5 Å². The van der Waals surface area contributed by atoms with Crippen LogP contribution in [0.4, 0.5) is 13.2 Å². The lowest BCUT2D eigenvalue weighted by atomic mass is 10.0. The molecule has 0 aliphatic carbocycles. The molecule has 0 unspecified atom stereocenters. The number of nitrogens with zero attached hydrogens (tertiary/aromatic N) is 1. The minimum absolute atomic E-state index is 0.0386. The summed E-state index contributed by atoms with van der Waals surface area (Å²) in [6, 6.07) is 13.5. The number of carbonyl (C=O) groups is 1. The number of esters is 1. The van der Waals surface area contributed by atoms with Gasteiger partial charge in [0.15, 0.2) is 0 Å². The van der Waals surface area contributed by atoms with Gasteiger partial charge in [-0.25, -0.2) is 4.79 Å². The Labute approximate surface area is 147 Å². The molecule has 1 heterocycles. The molecule has 0 spiro atoms. The van der Waals surface area contributed by atoms with E-state index >= 15 is 0 Å². The van der Waals surface area contributed by atoms with Crippen LogP contribution in [0.2, 0.25) is 0 Å². The molecule has 2 aromatic carbocycles. The lowest BCUT2D eigenvalue weighted by Crippen LogP contribution is -2.11. The maximum absolute atomic E-state index is 12.7. The van der Waals surface area contributed by atoms with Crippen molar-refractivity contribution < 1.29 is 22.7 Å². The van der Waals surface area contributed by atoms with E-state index in [1.807, 2.05) is 47.6 Å². The van der Waals surface area contributed by atoms with Crippen LogP contribution in [0.15, 0.2) is 54.7 Å². The number of benzene rings is 2. The fraction of sp³-hybridized carbons (Fsp3) is 0.158. The number of H-pyrrole nitrogens is 1. The molecule has 0 fully saturated rings. The molecule has 0 saturated heterocycles. The monoisotopic (exact) mass is 360 g/mol. The van der Waals surface area contributed by atoms with Crippen LogP contribution in [0, 0.1) is 0 Å². The molecule has 134 valence electrons. The Morgan fingerprint density at radius 3 is 2.73 bits per heavy atom. The Kier molecular flexibility index (Phi) is 5.06. The molecule has 0 atom stereocenters. The summed E-state index contributed by atoms with van der Waals surface area (Å²) in [5, 5.41) is 7.35. The van der Waals surface area contributed by atoms with E-state index in [0.29, 0.717) is 0 Å². The average molecular weight is 360 g/mol. The lowest BCUT2D eigenvalue weighted by Gasteiger charge is -2.07. The fourth-order valence-corrected chi connectivity index (χ4v) is 2.61. The van der Waals surface area contributed by atoms with Gasteiger partial charge >= 0.3 is 12.1 Å². The number of ether oxygens (including phenoxy) is 1. The summed E-state index contributed by atoms with van der Waals surface area (Å²) in [7, 11) is 0. The Morgan fingerprint density at radius 1 is 1.15 bits per heavy atom. The number of alkyl halides is 3. The molecule has 4 nitrogen and oxygen atoms in total. The van der Waals surface area contributed by atoms with Crippen LogP contribution in [0.25, 0.3) is 16.8 Å². The molecule has 0 aliphatic heterocycles. The molecule has 0 bridgehead atoms. The number of carbonyl (C=O) groups excluding carboxylic acids is 1. The summed E-state index contributed by atoms with van der Waals surface area (Å²) >= 11 is 0. The number of halogens is 3. The van der Waals surface area contributed by atoms with Gasteiger partial charge in [0.25, 0.3) is 0 Å². The summed E-state index contributed by atoms with van der Waals surface area (Å²) in [6.07, 6.45) is -0.600. The third-order valence-corrected chi connectivity index (χ3v) is 3.84. The van der Waals surface area contributed by atoms with Crippen LogP contribution in [-0.4, -0.2) is 22.8 Å². The first kappa shape index (κ1) is 17.7. The zero-order valence-electron chi connectivity index (χ0n) is 13.6. The number of fused-ring (bicyclic) bond motifs is 1. The van der Waals surface area contributed by atoms with Gasteiger partial charge in [-0.15, -0.1) is 0 Å². The average Bonchev–Trinajstić information content (AvgIpc) is 3.09. The Morgan fingerprint density at radius 2 is 1.92 bits per heavy atom. The van der Waals surface area contributed by atoms with Crippen LogP contribution in [-0.2, 0) is 22.1 Å². The second-order valence-corrected chi connectivity index (χ2v) is 5.59. The third-order valence-electron chi connectivity index (χ3n) is 3.84. The second kappa shape index (κ2) is 7.43. The summed E-state index contributed by atoms with van der Waals surface area (Å²) in [4.78, 5) is 11.8. The van der Waals surface area contributed by atoms with E-state index in [1.165, 1.54) is 6.08 Å². The number of hydrogen-bond donors (Lipinski definition) is 1. The summed E-state index contributed by atoms with van der Waals surface area (Å²) in [5.41, 5.74) is -0.0996. The minimum atomic E-state index is -4.51. The van der Waals surface area contributed by atoms with Gasteiger partial charge < -0.3 is 4.74 Å².